The number of benzene rings is 5. The number of fused-ring (bicyclic) bond motifs is 5. The molecule has 49 heavy (non-hydrogen) atoms. The average Bonchev–Trinajstić information content (AvgIpc) is 3.64. The summed E-state index contributed by atoms with van der Waals surface area (Å²) in [6.45, 7) is 0. The van der Waals surface area contributed by atoms with E-state index in [1.54, 1.807) is 66.7 Å². The van der Waals surface area contributed by atoms with Crippen molar-refractivity contribution in [3.63, 3.8) is 0 Å². The summed E-state index contributed by atoms with van der Waals surface area (Å²) in [6, 6.07) is 39.3. The summed E-state index contributed by atoms with van der Waals surface area (Å²) < 4.78 is 5.05. The predicted octanol–water partition coefficient (Wildman–Crippen LogP) is 7.97. The van der Waals surface area contributed by atoms with E-state index in [9.17, 15) is 4.79 Å². The van der Waals surface area contributed by atoms with Crippen LogP contribution in [0.5, 0.6) is 0 Å². The van der Waals surface area contributed by atoms with E-state index in [-0.39, 0.29) is 17.0 Å². The van der Waals surface area contributed by atoms with Gasteiger partial charge in [-0.15, -0.1) is 0 Å². The molecule has 5 aromatic carbocycles. The molecule has 0 unspecified atom stereocenters. The number of anilines is 1. The Hall–Kier alpha value is -5.30. The van der Waals surface area contributed by atoms with Crippen LogP contribution >= 0.6 is 23.2 Å². The SMILES string of the molecule is COC(=O)c1ccccc1N1C(=O)[C@H]2[C@H](C1=O)[C@@]1(c3ccc(Cl)cc3)C(=O)[C@@]2(c2ccc(Cl)cc2)C(c2ccccc2)=C1c1ccccc1. The molecule has 0 aromatic heterocycles. The zero-order chi connectivity index (χ0) is 34.1. The van der Waals surface area contributed by atoms with E-state index in [0.29, 0.717) is 32.3 Å². The Morgan fingerprint density at radius 2 is 1.00 bits per heavy atom. The predicted molar refractivity (Wildman–Crippen MR) is 188 cm³/mol. The van der Waals surface area contributed by atoms with Crippen molar-refractivity contribution < 1.29 is 23.9 Å². The number of hydrogen-bond donors (Lipinski definition) is 0. The van der Waals surface area contributed by atoms with Crippen molar-refractivity contribution in [3.05, 3.63) is 171 Å². The maximum absolute atomic E-state index is 16.0. The molecule has 0 radical (unpaired) electrons. The van der Waals surface area contributed by atoms with Gasteiger partial charge in [-0.2, -0.15) is 0 Å². The van der Waals surface area contributed by atoms with Crippen LogP contribution in [-0.2, 0) is 30.0 Å². The van der Waals surface area contributed by atoms with Crippen LogP contribution < -0.4 is 4.90 Å². The van der Waals surface area contributed by atoms with Crippen LogP contribution in [0, 0.1) is 11.8 Å². The van der Waals surface area contributed by atoms with E-state index in [4.69, 9.17) is 27.9 Å². The van der Waals surface area contributed by atoms with Crippen LogP contribution in [0.1, 0.15) is 32.6 Å². The second kappa shape index (κ2) is 11.4. The summed E-state index contributed by atoms with van der Waals surface area (Å²) >= 11 is 12.8. The molecular formula is C41H27Cl2NO5. The first kappa shape index (κ1) is 31.0. The van der Waals surface area contributed by atoms with Gasteiger partial charge in [-0.25, -0.2) is 9.69 Å². The van der Waals surface area contributed by atoms with Gasteiger partial charge in [0.15, 0.2) is 5.78 Å². The maximum Gasteiger partial charge on any atom is 0.339 e. The summed E-state index contributed by atoms with van der Waals surface area (Å²) in [7, 11) is 1.24. The van der Waals surface area contributed by atoms with E-state index < -0.39 is 40.4 Å². The van der Waals surface area contributed by atoms with Crippen molar-refractivity contribution in [2.24, 2.45) is 11.8 Å². The van der Waals surface area contributed by atoms with Crippen LogP contribution in [-0.4, -0.2) is 30.7 Å². The molecule has 1 saturated heterocycles. The molecule has 2 amide bonds. The number of rotatable bonds is 6. The normalized spacial score (nSPS) is 24.1. The fourth-order valence-corrected chi connectivity index (χ4v) is 8.80. The number of allylic oxidation sites excluding steroid dienone is 2. The molecule has 0 spiro atoms. The van der Waals surface area contributed by atoms with Crippen molar-refractivity contribution in [2.45, 2.75) is 10.8 Å². The number of ether oxygens (including phenoxy) is 1. The van der Waals surface area contributed by atoms with Crippen molar-refractivity contribution in [2.75, 3.05) is 12.0 Å². The molecular weight excluding hydrogens is 657 g/mol. The lowest BCUT2D eigenvalue weighted by Crippen LogP contribution is -2.46. The van der Waals surface area contributed by atoms with E-state index in [2.05, 4.69) is 0 Å². The van der Waals surface area contributed by atoms with Crippen LogP contribution in [0.3, 0.4) is 0 Å². The summed E-state index contributed by atoms with van der Waals surface area (Å²) in [4.78, 5) is 60.5. The Morgan fingerprint density at radius 3 is 1.43 bits per heavy atom. The second-order valence-corrected chi connectivity index (χ2v) is 13.3. The largest absolute Gasteiger partial charge is 0.465 e. The van der Waals surface area contributed by atoms with Gasteiger partial charge in [0.25, 0.3) is 0 Å². The van der Waals surface area contributed by atoms with Gasteiger partial charge in [0.05, 0.1) is 41.0 Å². The second-order valence-electron chi connectivity index (χ2n) is 12.4. The Kier molecular flexibility index (Phi) is 7.21. The number of carbonyl (C=O) groups is 4. The Bertz CT molecular complexity index is 2090. The lowest BCUT2D eigenvalue weighted by molar-refractivity contribution is -0.130. The monoisotopic (exact) mass is 683 g/mol. The molecule has 5 aromatic rings. The molecule has 6 nitrogen and oxygen atoms in total. The minimum Gasteiger partial charge on any atom is -0.465 e. The molecule has 240 valence electrons. The summed E-state index contributed by atoms with van der Waals surface area (Å²) in [5.74, 6) is -4.47. The number of carbonyl (C=O) groups excluding carboxylic acids is 4. The van der Waals surface area contributed by atoms with Gasteiger partial charge in [-0.05, 0) is 69.8 Å². The van der Waals surface area contributed by atoms with Crippen molar-refractivity contribution in [3.8, 4) is 0 Å². The molecule has 1 aliphatic heterocycles. The third-order valence-electron chi connectivity index (χ3n) is 10.3. The molecule has 2 bridgehead atoms. The number of para-hydroxylation sites is 1. The minimum absolute atomic E-state index is 0.0611. The Morgan fingerprint density at radius 1 is 0.592 bits per heavy atom. The van der Waals surface area contributed by atoms with Crippen LogP contribution in [0.4, 0.5) is 5.69 Å². The number of halogens is 2. The maximum atomic E-state index is 16.0. The number of hydrogen-bond acceptors (Lipinski definition) is 5. The van der Waals surface area contributed by atoms with E-state index in [1.807, 2.05) is 60.7 Å². The van der Waals surface area contributed by atoms with Crippen LogP contribution in [0.15, 0.2) is 133 Å². The number of nitrogens with zero attached hydrogens (tertiary/aromatic N) is 1. The topological polar surface area (TPSA) is 80.8 Å². The highest BCUT2D eigenvalue weighted by atomic mass is 35.5. The third kappa shape index (κ3) is 4.08. The summed E-state index contributed by atoms with van der Waals surface area (Å²) in [5, 5.41) is 0.917. The first-order chi connectivity index (χ1) is 23.8. The first-order valence-corrected chi connectivity index (χ1v) is 16.5. The minimum atomic E-state index is -1.62. The molecule has 4 atom stereocenters. The quantitative estimate of drug-likeness (QED) is 0.134. The number of imide groups is 1. The molecule has 1 saturated carbocycles. The fraction of sp³-hybridized carbons (Fsp3) is 0.122. The fourth-order valence-electron chi connectivity index (χ4n) is 8.55. The van der Waals surface area contributed by atoms with Gasteiger partial charge < -0.3 is 4.74 Å². The Balaban J connectivity index is 1.55. The van der Waals surface area contributed by atoms with Gasteiger partial charge >= 0.3 is 5.97 Å². The van der Waals surface area contributed by atoms with Crippen LogP contribution in [0.25, 0.3) is 11.1 Å². The van der Waals surface area contributed by atoms with E-state index in [1.165, 1.54) is 13.2 Å². The molecule has 2 aliphatic carbocycles. The smallest absolute Gasteiger partial charge is 0.339 e. The molecule has 0 N–H and O–H groups in total. The number of methoxy groups -OCH3 is 1. The Labute approximate surface area is 292 Å². The lowest BCUT2D eigenvalue weighted by Gasteiger charge is -2.39. The summed E-state index contributed by atoms with van der Waals surface area (Å²) in [6.07, 6.45) is 0. The van der Waals surface area contributed by atoms with E-state index in [0.717, 1.165) is 16.0 Å². The number of ketones is 1. The highest BCUT2D eigenvalue weighted by molar-refractivity contribution is 6.39. The number of esters is 1. The third-order valence-corrected chi connectivity index (χ3v) is 10.8. The van der Waals surface area contributed by atoms with Crippen molar-refractivity contribution >= 4 is 63.6 Å². The van der Waals surface area contributed by atoms with Gasteiger partial charge in [0.1, 0.15) is 0 Å². The number of Topliss-reactive ketones (excluding diaryl/α,β-unsaturated/α-hetero) is 1. The highest BCUT2D eigenvalue weighted by Gasteiger charge is 2.82. The van der Waals surface area contributed by atoms with Crippen molar-refractivity contribution in [1.82, 2.24) is 0 Å². The van der Waals surface area contributed by atoms with E-state index >= 15 is 14.4 Å². The lowest BCUT2D eigenvalue weighted by atomic mass is 9.59. The standard InChI is InChI=1S/C41H27Cl2NO5/c1-49-38(47)30-14-8-9-15-31(30)44-36(45)34-35(37(44)46)41(27-18-22-29(43)23-19-27)33(25-12-6-3-7-13-25)32(24-10-4-2-5-11-24)40(34,39(41)48)26-16-20-28(42)21-17-26/h2-23,34-35H,1H3/t34-,35-,40+,41+/m1/s1. The van der Waals surface area contributed by atoms with Crippen molar-refractivity contribution in [1.29, 1.82) is 0 Å². The summed E-state index contributed by atoms with van der Waals surface area (Å²) in [5.41, 5.74) is 0.784. The molecule has 8 rings (SSSR count). The number of amides is 2. The van der Waals surface area contributed by atoms with Gasteiger partial charge in [-0.3, -0.25) is 14.4 Å². The van der Waals surface area contributed by atoms with Crippen LogP contribution in [0.2, 0.25) is 10.0 Å². The average molecular weight is 685 g/mol. The molecule has 3 aliphatic rings. The molecule has 8 heteroatoms. The first-order valence-electron chi connectivity index (χ1n) is 15.8. The molecule has 2 fully saturated rings. The molecule has 1 heterocycles. The van der Waals surface area contributed by atoms with Gasteiger partial charge in [-0.1, -0.05) is 120 Å². The zero-order valence-corrected chi connectivity index (χ0v) is 27.6. The van der Waals surface area contributed by atoms with Gasteiger partial charge in [0, 0.05) is 10.0 Å². The van der Waals surface area contributed by atoms with Gasteiger partial charge in [0.2, 0.25) is 11.8 Å². The highest BCUT2D eigenvalue weighted by Crippen LogP contribution is 2.74. The zero-order valence-electron chi connectivity index (χ0n) is 26.1.